The van der Waals surface area contributed by atoms with Gasteiger partial charge in [-0.15, -0.1) is 0 Å². The summed E-state index contributed by atoms with van der Waals surface area (Å²) in [6, 6.07) is 9.55. The number of hydrogen-bond donors (Lipinski definition) is 1. The Balaban J connectivity index is 1.86. The Kier molecular flexibility index (Phi) is 4.15. The molecule has 1 aromatic carbocycles. The summed E-state index contributed by atoms with van der Waals surface area (Å²) < 4.78 is 0. The van der Waals surface area contributed by atoms with Crippen LogP contribution in [0.2, 0.25) is 0 Å². The average Bonchev–Trinajstić information content (AvgIpc) is 2.54. The van der Waals surface area contributed by atoms with E-state index < -0.39 is 0 Å². The van der Waals surface area contributed by atoms with Crippen molar-refractivity contribution >= 4 is 16.8 Å². The summed E-state index contributed by atoms with van der Waals surface area (Å²) in [5.41, 5.74) is 1.58. The second-order valence-corrected chi connectivity index (χ2v) is 5.65. The zero-order chi connectivity index (χ0) is 14.7. The van der Waals surface area contributed by atoms with E-state index in [-0.39, 0.29) is 12.5 Å². The lowest BCUT2D eigenvalue weighted by Crippen LogP contribution is -2.40. The highest BCUT2D eigenvalue weighted by Gasteiger charge is 2.25. The highest BCUT2D eigenvalue weighted by molar-refractivity contribution is 6.05. The number of carbonyl (C=O) groups excluding carboxylic acids is 1. The van der Waals surface area contributed by atoms with Gasteiger partial charge in [-0.2, -0.15) is 0 Å². The molecule has 110 valence electrons. The second kappa shape index (κ2) is 6.22. The molecule has 2 aromatic rings. The van der Waals surface area contributed by atoms with Gasteiger partial charge >= 0.3 is 0 Å². The molecule has 0 bridgehead atoms. The van der Waals surface area contributed by atoms with E-state index in [4.69, 9.17) is 5.11 Å². The fraction of sp³-hybridized carbons (Fsp3) is 0.412. The molecule has 1 atom stereocenters. The van der Waals surface area contributed by atoms with Crippen molar-refractivity contribution in [2.75, 3.05) is 19.7 Å². The smallest absolute Gasteiger partial charge is 0.254 e. The van der Waals surface area contributed by atoms with Crippen LogP contribution >= 0.6 is 0 Å². The van der Waals surface area contributed by atoms with E-state index in [1.54, 1.807) is 12.3 Å². The van der Waals surface area contributed by atoms with Gasteiger partial charge in [-0.1, -0.05) is 18.2 Å². The number of aromatic nitrogens is 1. The summed E-state index contributed by atoms with van der Waals surface area (Å²) >= 11 is 0. The van der Waals surface area contributed by atoms with Crippen LogP contribution in [0.4, 0.5) is 0 Å². The molecule has 0 aliphatic carbocycles. The van der Waals surface area contributed by atoms with Gasteiger partial charge in [0, 0.05) is 31.3 Å². The standard InChI is InChI=1S/C17H20N2O2/c20-11-8-13-4-3-10-19(12-13)17(21)15-7-9-18-16-6-2-1-5-14(15)16/h1-2,5-7,9,13,20H,3-4,8,10-12H2. The Morgan fingerprint density at radius 2 is 2.19 bits per heavy atom. The molecule has 1 aliphatic heterocycles. The molecule has 21 heavy (non-hydrogen) atoms. The topological polar surface area (TPSA) is 53.4 Å². The Morgan fingerprint density at radius 1 is 1.33 bits per heavy atom. The number of fused-ring (bicyclic) bond motifs is 1. The van der Waals surface area contributed by atoms with Crippen LogP contribution in [0.3, 0.4) is 0 Å². The van der Waals surface area contributed by atoms with Crippen molar-refractivity contribution in [2.24, 2.45) is 5.92 Å². The first-order valence-corrected chi connectivity index (χ1v) is 7.53. The number of aliphatic hydroxyl groups is 1. The predicted octanol–water partition coefficient (Wildman–Crippen LogP) is 2.47. The fourth-order valence-corrected chi connectivity index (χ4v) is 3.12. The Hall–Kier alpha value is -1.94. The van der Waals surface area contributed by atoms with Crippen molar-refractivity contribution in [1.29, 1.82) is 0 Å². The molecule has 1 fully saturated rings. The van der Waals surface area contributed by atoms with Crippen LogP contribution in [0.25, 0.3) is 10.9 Å². The monoisotopic (exact) mass is 284 g/mol. The first-order valence-electron chi connectivity index (χ1n) is 7.53. The normalized spacial score (nSPS) is 18.9. The van der Waals surface area contributed by atoms with Gasteiger partial charge in [0.1, 0.15) is 0 Å². The number of para-hydroxylation sites is 1. The van der Waals surface area contributed by atoms with Crippen LogP contribution < -0.4 is 0 Å². The van der Waals surface area contributed by atoms with E-state index in [1.807, 2.05) is 29.2 Å². The average molecular weight is 284 g/mol. The summed E-state index contributed by atoms with van der Waals surface area (Å²) in [6.45, 7) is 1.75. The van der Waals surface area contributed by atoms with Gasteiger partial charge in [0.05, 0.1) is 11.1 Å². The van der Waals surface area contributed by atoms with Crippen molar-refractivity contribution in [3.63, 3.8) is 0 Å². The molecule has 0 spiro atoms. The zero-order valence-corrected chi connectivity index (χ0v) is 12.0. The SMILES string of the molecule is O=C(c1ccnc2ccccc12)N1CCCC(CCO)C1. The molecule has 1 saturated heterocycles. The summed E-state index contributed by atoms with van der Waals surface area (Å²) in [7, 11) is 0. The van der Waals surface area contributed by atoms with Crippen LogP contribution in [0.1, 0.15) is 29.6 Å². The highest BCUT2D eigenvalue weighted by atomic mass is 16.3. The highest BCUT2D eigenvalue weighted by Crippen LogP contribution is 2.23. The molecule has 1 unspecified atom stereocenters. The number of aliphatic hydroxyl groups excluding tert-OH is 1. The number of rotatable bonds is 3. The maximum atomic E-state index is 12.8. The van der Waals surface area contributed by atoms with E-state index >= 15 is 0 Å². The molecule has 0 radical (unpaired) electrons. The van der Waals surface area contributed by atoms with Crippen molar-refractivity contribution in [2.45, 2.75) is 19.3 Å². The second-order valence-electron chi connectivity index (χ2n) is 5.65. The molecule has 1 aromatic heterocycles. The maximum absolute atomic E-state index is 12.8. The Bertz CT molecular complexity index is 634. The van der Waals surface area contributed by atoms with Gasteiger partial charge in [-0.05, 0) is 37.3 Å². The molecule has 4 heteroatoms. The molecule has 1 N–H and O–H groups in total. The van der Waals surface area contributed by atoms with Crippen LogP contribution in [0, 0.1) is 5.92 Å². The quantitative estimate of drug-likeness (QED) is 0.942. The van der Waals surface area contributed by atoms with Crippen LogP contribution in [-0.4, -0.2) is 40.6 Å². The van der Waals surface area contributed by atoms with Crippen LogP contribution in [0.5, 0.6) is 0 Å². The number of likely N-dealkylation sites (tertiary alicyclic amines) is 1. The lowest BCUT2D eigenvalue weighted by atomic mass is 9.94. The number of benzene rings is 1. The molecule has 0 saturated carbocycles. The zero-order valence-electron chi connectivity index (χ0n) is 12.0. The first kappa shape index (κ1) is 14.0. The Labute approximate surface area is 124 Å². The minimum Gasteiger partial charge on any atom is -0.396 e. The molecule has 1 aliphatic rings. The predicted molar refractivity (Wildman–Crippen MR) is 82.1 cm³/mol. The number of pyridine rings is 1. The lowest BCUT2D eigenvalue weighted by Gasteiger charge is -2.32. The molecule has 1 amide bonds. The summed E-state index contributed by atoms with van der Waals surface area (Å²) in [5, 5.41) is 10.0. The third-order valence-electron chi connectivity index (χ3n) is 4.22. The van der Waals surface area contributed by atoms with E-state index in [1.165, 1.54) is 0 Å². The first-order chi connectivity index (χ1) is 10.3. The van der Waals surface area contributed by atoms with E-state index in [0.29, 0.717) is 5.92 Å². The Morgan fingerprint density at radius 3 is 3.05 bits per heavy atom. The van der Waals surface area contributed by atoms with E-state index in [2.05, 4.69) is 4.98 Å². The molecule has 4 nitrogen and oxygen atoms in total. The minimum absolute atomic E-state index is 0.0799. The van der Waals surface area contributed by atoms with Gasteiger partial charge in [-0.3, -0.25) is 9.78 Å². The summed E-state index contributed by atoms with van der Waals surface area (Å²) in [5.74, 6) is 0.497. The van der Waals surface area contributed by atoms with E-state index in [9.17, 15) is 4.79 Å². The number of piperidine rings is 1. The van der Waals surface area contributed by atoms with Crippen LogP contribution in [-0.2, 0) is 0 Å². The van der Waals surface area contributed by atoms with Gasteiger partial charge in [0.15, 0.2) is 0 Å². The lowest BCUT2D eigenvalue weighted by molar-refractivity contribution is 0.0655. The van der Waals surface area contributed by atoms with Crippen molar-refractivity contribution < 1.29 is 9.90 Å². The maximum Gasteiger partial charge on any atom is 0.254 e. The molecular formula is C17H20N2O2. The third kappa shape index (κ3) is 2.90. The number of carbonyl (C=O) groups is 1. The van der Waals surface area contributed by atoms with Gasteiger partial charge in [-0.25, -0.2) is 0 Å². The van der Waals surface area contributed by atoms with Crippen molar-refractivity contribution in [3.8, 4) is 0 Å². The third-order valence-corrected chi connectivity index (χ3v) is 4.22. The van der Waals surface area contributed by atoms with E-state index in [0.717, 1.165) is 48.8 Å². The number of amides is 1. The van der Waals surface area contributed by atoms with Gasteiger partial charge < -0.3 is 10.0 Å². The number of nitrogens with zero attached hydrogens (tertiary/aromatic N) is 2. The largest absolute Gasteiger partial charge is 0.396 e. The van der Waals surface area contributed by atoms with Crippen LogP contribution in [0.15, 0.2) is 36.5 Å². The van der Waals surface area contributed by atoms with Crippen molar-refractivity contribution in [3.05, 3.63) is 42.1 Å². The molecule has 2 heterocycles. The minimum atomic E-state index is 0.0799. The summed E-state index contributed by atoms with van der Waals surface area (Å²) in [4.78, 5) is 19.0. The molecule has 3 rings (SSSR count). The van der Waals surface area contributed by atoms with Crippen molar-refractivity contribution in [1.82, 2.24) is 9.88 Å². The number of hydrogen-bond acceptors (Lipinski definition) is 3. The summed E-state index contributed by atoms with van der Waals surface area (Å²) in [6.07, 6.45) is 4.59. The molecular weight excluding hydrogens is 264 g/mol. The van der Waals surface area contributed by atoms with Gasteiger partial charge in [0.2, 0.25) is 0 Å². The fourth-order valence-electron chi connectivity index (χ4n) is 3.12. The van der Waals surface area contributed by atoms with Gasteiger partial charge in [0.25, 0.3) is 5.91 Å².